The number of nitrogens with zero attached hydrogens (tertiary/aromatic N) is 3. The fourth-order valence-electron chi connectivity index (χ4n) is 2.06. The lowest BCUT2D eigenvalue weighted by molar-refractivity contribution is 0.0694. The maximum Gasteiger partial charge on any atom is 0.142 e. The van der Waals surface area contributed by atoms with Gasteiger partial charge in [0.2, 0.25) is 0 Å². The van der Waals surface area contributed by atoms with Gasteiger partial charge in [-0.3, -0.25) is 0 Å². The van der Waals surface area contributed by atoms with Crippen LogP contribution in [0.25, 0.3) is 11.3 Å². The summed E-state index contributed by atoms with van der Waals surface area (Å²) in [7, 11) is 0. The Kier molecular flexibility index (Phi) is 5.00. The molecule has 0 radical (unpaired) electrons. The van der Waals surface area contributed by atoms with E-state index < -0.39 is 0 Å². The summed E-state index contributed by atoms with van der Waals surface area (Å²) in [6.07, 6.45) is 6.18. The Hall–Kier alpha value is -2.27. The van der Waals surface area contributed by atoms with Crippen LogP contribution in [-0.2, 0) is 13.0 Å². The number of benzene rings is 1. The molecule has 0 aliphatic rings. The molecule has 0 bridgehead atoms. The van der Waals surface area contributed by atoms with Crippen LogP contribution in [0, 0.1) is 0 Å². The van der Waals surface area contributed by atoms with Crippen LogP contribution in [0.1, 0.15) is 18.2 Å². The van der Waals surface area contributed by atoms with Crippen molar-refractivity contribution in [3.8, 4) is 11.3 Å². The molecular formula is C15H17ClN4O. The number of imidazole rings is 1. The number of hydrogen-bond donors (Lipinski definition) is 1. The third-order valence-electron chi connectivity index (χ3n) is 3.10. The molecule has 0 unspecified atom stereocenters. The summed E-state index contributed by atoms with van der Waals surface area (Å²) in [5.74, 6) is 0. The van der Waals surface area contributed by atoms with E-state index in [2.05, 4.69) is 22.0 Å². The van der Waals surface area contributed by atoms with E-state index >= 15 is 0 Å². The van der Waals surface area contributed by atoms with E-state index in [4.69, 9.17) is 4.84 Å². The predicted molar refractivity (Wildman–Crippen MR) is 83.2 cm³/mol. The fourth-order valence-corrected chi connectivity index (χ4v) is 2.06. The van der Waals surface area contributed by atoms with Crippen LogP contribution in [0.4, 0.5) is 0 Å². The zero-order valence-electron chi connectivity index (χ0n) is 11.7. The summed E-state index contributed by atoms with van der Waals surface area (Å²) in [4.78, 5) is 14.4. The highest BCUT2D eigenvalue weighted by atomic mass is 35.5. The first-order valence-electron chi connectivity index (χ1n) is 6.61. The number of hydrogen-bond acceptors (Lipinski definition) is 3. The fraction of sp³-hybridized carbons (Fsp3) is 0.200. The number of nitrogens with one attached hydrogen (secondary N) is 1. The molecule has 3 aromatic rings. The molecule has 1 aromatic carbocycles. The average Bonchev–Trinajstić information content (AvgIpc) is 3.15. The number of aryl methyl sites for hydroxylation is 1. The van der Waals surface area contributed by atoms with Crippen LogP contribution >= 0.6 is 12.4 Å². The van der Waals surface area contributed by atoms with Gasteiger partial charge in [0.15, 0.2) is 0 Å². The van der Waals surface area contributed by atoms with Crippen molar-refractivity contribution in [3.63, 3.8) is 0 Å². The Morgan fingerprint density at radius 1 is 1.24 bits per heavy atom. The van der Waals surface area contributed by atoms with E-state index in [1.54, 1.807) is 12.5 Å². The first-order chi connectivity index (χ1) is 9.86. The maximum atomic E-state index is 5.68. The van der Waals surface area contributed by atoms with Gasteiger partial charge in [0, 0.05) is 5.56 Å². The minimum atomic E-state index is 0. The van der Waals surface area contributed by atoms with Crippen LogP contribution in [-0.4, -0.2) is 19.9 Å². The molecule has 5 nitrogen and oxygen atoms in total. The van der Waals surface area contributed by atoms with Gasteiger partial charge < -0.3 is 9.82 Å². The normalized spacial score (nSPS) is 10.1. The third kappa shape index (κ3) is 3.44. The molecule has 3 rings (SSSR count). The quantitative estimate of drug-likeness (QED) is 0.788. The van der Waals surface area contributed by atoms with Gasteiger partial charge in [-0.15, -0.1) is 22.4 Å². The molecule has 6 heteroatoms. The summed E-state index contributed by atoms with van der Waals surface area (Å²) in [5, 5.41) is 4.45. The second-order valence-electron chi connectivity index (χ2n) is 4.47. The molecule has 2 heterocycles. The Morgan fingerprint density at radius 3 is 2.71 bits per heavy atom. The summed E-state index contributed by atoms with van der Waals surface area (Å²) in [6, 6.07) is 10.0. The molecule has 110 valence electrons. The molecule has 0 aliphatic carbocycles. The largest absolute Gasteiger partial charge is 0.392 e. The van der Waals surface area contributed by atoms with Crippen molar-refractivity contribution in [2.75, 3.05) is 0 Å². The monoisotopic (exact) mass is 304 g/mol. The van der Waals surface area contributed by atoms with Crippen LogP contribution < -0.4 is 4.84 Å². The lowest BCUT2D eigenvalue weighted by Crippen LogP contribution is -2.11. The van der Waals surface area contributed by atoms with Gasteiger partial charge in [0.05, 0.1) is 30.1 Å². The highest BCUT2D eigenvalue weighted by Crippen LogP contribution is 2.20. The number of H-pyrrole nitrogens is 1. The lowest BCUT2D eigenvalue weighted by Gasteiger charge is -2.04. The van der Waals surface area contributed by atoms with Gasteiger partial charge in [0.1, 0.15) is 6.61 Å². The highest BCUT2D eigenvalue weighted by molar-refractivity contribution is 5.85. The predicted octanol–water partition coefficient (Wildman–Crippen LogP) is 2.89. The smallest absolute Gasteiger partial charge is 0.142 e. The summed E-state index contributed by atoms with van der Waals surface area (Å²) in [5.41, 5.74) is 4.08. The van der Waals surface area contributed by atoms with Crippen LogP contribution in [0.5, 0.6) is 0 Å². The standard InChI is InChI=1S/C15H16N4O.ClH/c1-2-14-13(15-8-16-11-17-15)9-19(18-14)20-10-12-6-4-3-5-7-12;/h3-9,11H,2,10H2,1H3,(H,16,17);1H. The molecule has 0 atom stereocenters. The van der Waals surface area contributed by atoms with E-state index in [0.29, 0.717) is 6.61 Å². The minimum absolute atomic E-state index is 0. The molecule has 0 saturated carbocycles. The van der Waals surface area contributed by atoms with E-state index in [1.165, 1.54) is 4.85 Å². The Balaban J connectivity index is 0.00000161. The van der Waals surface area contributed by atoms with Crippen LogP contribution in [0.3, 0.4) is 0 Å². The zero-order valence-corrected chi connectivity index (χ0v) is 12.5. The maximum absolute atomic E-state index is 5.68. The first-order valence-corrected chi connectivity index (χ1v) is 6.61. The molecule has 0 saturated heterocycles. The average molecular weight is 305 g/mol. The Bertz CT molecular complexity index is 664. The second kappa shape index (κ2) is 6.95. The highest BCUT2D eigenvalue weighted by Gasteiger charge is 2.11. The molecule has 0 spiro atoms. The van der Waals surface area contributed by atoms with E-state index in [9.17, 15) is 0 Å². The molecular weight excluding hydrogens is 288 g/mol. The van der Waals surface area contributed by atoms with Crippen molar-refractivity contribution in [2.24, 2.45) is 0 Å². The third-order valence-corrected chi connectivity index (χ3v) is 3.10. The molecule has 0 fully saturated rings. The number of aromatic nitrogens is 4. The second-order valence-corrected chi connectivity index (χ2v) is 4.47. The van der Waals surface area contributed by atoms with E-state index in [-0.39, 0.29) is 12.4 Å². The minimum Gasteiger partial charge on any atom is -0.392 e. The summed E-state index contributed by atoms with van der Waals surface area (Å²) < 4.78 is 0. The van der Waals surface area contributed by atoms with Gasteiger partial charge in [0.25, 0.3) is 0 Å². The topological polar surface area (TPSA) is 55.7 Å². The SMILES string of the molecule is CCc1nn(OCc2ccccc2)cc1-c1cnc[nH]1.Cl. The number of aromatic amines is 1. The summed E-state index contributed by atoms with van der Waals surface area (Å²) >= 11 is 0. The number of halogens is 1. The van der Waals surface area contributed by atoms with Gasteiger partial charge in [-0.2, -0.15) is 0 Å². The molecule has 0 aliphatic heterocycles. The Labute approximate surface area is 129 Å². The van der Waals surface area contributed by atoms with Crippen molar-refractivity contribution in [1.82, 2.24) is 19.9 Å². The lowest BCUT2D eigenvalue weighted by atomic mass is 10.2. The zero-order chi connectivity index (χ0) is 13.8. The van der Waals surface area contributed by atoms with Crippen molar-refractivity contribution >= 4 is 12.4 Å². The van der Waals surface area contributed by atoms with E-state index in [1.807, 2.05) is 36.5 Å². The van der Waals surface area contributed by atoms with Gasteiger partial charge >= 0.3 is 0 Å². The van der Waals surface area contributed by atoms with Crippen molar-refractivity contribution in [1.29, 1.82) is 0 Å². The first kappa shape index (κ1) is 15.1. The summed E-state index contributed by atoms with van der Waals surface area (Å²) in [6.45, 7) is 2.57. The van der Waals surface area contributed by atoms with Crippen molar-refractivity contribution < 1.29 is 4.84 Å². The van der Waals surface area contributed by atoms with Crippen LogP contribution in [0.15, 0.2) is 49.1 Å². The number of rotatable bonds is 5. The molecule has 0 amide bonds. The van der Waals surface area contributed by atoms with Crippen molar-refractivity contribution in [2.45, 2.75) is 20.0 Å². The van der Waals surface area contributed by atoms with Gasteiger partial charge in [-0.05, 0) is 12.0 Å². The molecule has 21 heavy (non-hydrogen) atoms. The van der Waals surface area contributed by atoms with Gasteiger partial charge in [-0.25, -0.2) is 4.98 Å². The van der Waals surface area contributed by atoms with Gasteiger partial charge in [-0.1, -0.05) is 37.3 Å². The van der Waals surface area contributed by atoms with Crippen LogP contribution in [0.2, 0.25) is 0 Å². The van der Waals surface area contributed by atoms with E-state index in [0.717, 1.165) is 28.9 Å². The van der Waals surface area contributed by atoms with Crippen molar-refractivity contribution in [3.05, 3.63) is 60.3 Å². The molecule has 2 aromatic heterocycles. The Morgan fingerprint density at radius 2 is 2.05 bits per heavy atom. The molecule has 1 N–H and O–H groups in total.